The smallest absolute Gasteiger partial charge is 0.282 e. The lowest BCUT2D eigenvalue weighted by molar-refractivity contribution is 0.295. The predicted octanol–water partition coefficient (Wildman–Crippen LogP) is 3.22. The number of hydrogen-bond acceptors (Lipinski definition) is 3. The Balaban J connectivity index is 1.63. The van der Waals surface area contributed by atoms with E-state index >= 15 is 0 Å². The predicted molar refractivity (Wildman–Crippen MR) is 112 cm³/mol. The second kappa shape index (κ2) is 9.82. The number of hydrogen-bond donors (Lipinski definition) is 0. The number of benzene rings is 1. The van der Waals surface area contributed by atoms with Gasteiger partial charge in [0, 0.05) is 39.3 Å². The van der Waals surface area contributed by atoms with Gasteiger partial charge in [-0.05, 0) is 43.4 Å². The Kier molecular flexibility index (Phi) is 7.47. The normalized spacial score (nSPS) is 21.9. The Morgan fingerprint density at radius 1 is 0.889 bits per heavy atom. The highest BCUT2D eigenvalue weighted by Gasteiger charge is 2.31. The number of rotatable bonds is 6. The summed E-state index contributed by atoms with van der Waals surface area (Å²) in [4.78, 5) is 2.40. The molecule has 6 heteroatoms. The molecule has 0 aliphatic carbocycles. The molecule has 1 aromatic rings. The van der Waals surface area contributed by atoms with E-state index in [9.17, 15) is 8.42 Å². The Morgan fingerprint density at radius 2 is 1.56 bits per heavy atom. The lowest BCUT2D eigenvalue weighted by Gasteiger charge is -2.31. The fraction of sp³-hybridized carbons (Fsp3) is 0.619. The highest BCUT2D eigenvalue weighted by Crippen LogP contribution is 2.20. The van der Waals surface area contributed by atoms with E-state index in [-0.39, 0.29) is 0 Å². The molecule has 2 aliphatic rings. The van der Waals surface area contributed by atoms with E-state index in [1.807, 2.05) is 6.07 Å². The van der Waals surface area contributed by atoms with Gasteiger partial charge in [0.1, 0.15) is 0 Å². The van der Waals surface area contributed by atoms with Crippen molar-refractivity contribution in [2.45, 2.75) is 39.0 Å². The SMILES string of the molecule is CCC=C(CN1CCCN(S(=O)(=O)N2CCCCC2)CC1)c1ccccc1. The Morgan fingerprint density at radius 3 is 2.26 bits per heavy atom. The second-order valence-corrected chi connectivity index (χ2v) is 9.43. The summed E-state index contributed by atoms with van der Waals surface area (Å²) >= 11 is 0. The lowest BCUT2D eigenvalue weighted by Crippen LogP contribution is -2.47. The second-order valence-electron chi connectivity index (χ2n) is 7.50. The standard InChI is InChI=1S/C21H33N3O2S/c1-2-10-21(20-11-5-3-6-12-20)19-22-13-9-16-24(18-17-22)27(25,26)23-14-7-4-8-15-23/h3,5-6,10-12H,2,4,7-9,13-19H2,1H3. The van der Waals surface area contributed by atoms with E-state index < -0.39 is 10.2 Å². The zero-order valence-corrected chi connectivity index (χ0v) is 17.3. The van der Waals surface area contributed by atoms with Gasteiger partial charge in [-0.2, -0.15) is 17.0 Å². The Hall–Kier alpha value is -1.21. The molecule has 2 saturated heterocycles. The molecule has 3 rings (SSSR count). The molecular formula is C21H33N3O2S. The zero-order chi connectivity index (χ0) is 19.1. The number of allylic oxidation sites excluding steroid dienone is 1. The van der Waals surface area contributed by atoms with E-state index in [4.69, 9.17) is 0 Å². The molecule has 0 radical (unpaired) electrons. The van der Waals surface area contributed by atoms with Crippen molar-refractivity contribution >= 4 is 15.8 Å². The first-order valence-electron chi connectivity index (χ1n) is 10.3. The van der Waals surface area contributed by atoms with E-state index in [1.165, 1.54) is 11.1 Å². The van der Waals surface area contributed by atoms with Gasteiger partial charge in [0.15, 0.2) is 0 Å². The monoisotopic (exact) mass is 391 g/mol. The van der Waals surface area contributed by atoms with Crippen LogP contribution in [0.3, 0.4) is 0 Å². The zero-order valence-electron chi connectivity index (χ0n) is 16.5. The van der Waals surface area contributed by atoms with Crippen LogP contribution in [-0.4, -0.2) is 67.7 Å². The van der Waals surface area contributed by atoms with E-state index in [0.29, 0.717) is 26.2 Å². The van der Waals surface area contributed by atoms with Crippen molar-refractivity contribution in [3.8, 4) is 0 Å². The molecule has 2 fully saturated rings. The van der Waals surface area contributed by atoms with E-state index in [2.05, 4.69) is 42.2 Å². The number of piperidine rings is 1. The molecule has 150 valence electrons. The highest BCUT2D eigenvalue weighted by atomic mass is 32.2. The van der Waals surface area contributed by atoms with Crippen molar-refractivity contribution in [2.75, 3.05) is 45.8 Å². The molecule has 0 saturated carbocycles. The summed E-state index contributed by atoms with van der Waals surface area (Å²) in [6, 6.07) is 10.5. The maximum Gasteiger partial charge on any atom is 0.282 e. The molecule has 0 bridgehead atoms. The lowest BCUT2D eigenvalue weighted by atomic mass is 10.0. The van der Waals surface area contributed by atoms with Crippen molar-refractivity contribution < 1.29 is 8.42 Å². The van der Waals surface area contributed by atoms with Crippen LogP contribution < -0.4 is 0 Å². The molecule has 0 aromatic heterocycles. The van der Waals surface area contributed by atoms with Gasteiger partial charge in [-0.15, -0.1) is 0 Å². The van der Waals surface area contributed by atoms with Crippen LogP contribution in [0.2, 0.25) is 0 Å². The summed E-state index contributed by atoms with van der Waals surface area (Å²) in [5, 5.41) is 0. The Bertz CT molecular complexity index is 712. The summed E-state index contributed by atoms with van der Waals surface area (Å²) in [5.41, 5.74) is 2.60. The summed E-state index contributed by atoms with van der Waals surface area (Å²) in [5.74, 6) is 0. The van der Waals surface area contributed by atoms with Crippen LogP contribution in [-0.2, 0) is 10.2 Å². The molecule has 2 heterocycles. The molecule has 0 N–H and O–H groups in total. The van der Waals surface area contributed by atoms with Crippen LogP contribution in [0.15, 0.2) is 36.4 Å². The molecule has 0 unspecified atom stereocenters. The highest BCUT2D eigenvalue weighted by molar-refractivity contribution is 7.86. The van der Waals surface area contributed by atoms with Gasteiger partial charge < -0.3 is 0 Å². The molecule has 2 aliphatic heterocycles. The maximum absolute atomic E-state index is 13.0. The molecule has 5 nitrogen and oxygen atoms in total. The first kappa shape index (κ1) is 20.5. The average molecular weight is 392 g/mol. The van der Waals surface area contributed by atoms with Crippen LogP contribution in [0.5, 0.6) is 0 Å². The first-order valence-corrected chi connectivity index (χ1v) is 11.7. The fourth-order valence-electron chi connectivity index (χ4n) is 4.01. The minimum atomic E-state index is -3.30. The molecule has 0 amide bonds. The fourth-order valence-corrected chi connectivity index (χ4v) is 5.73. The third kappa shape index (κ3) is 5.41. The van der Waals surface area contributed by atoms with Gasteiger partial charge in [-0.3, -0.25) is 4.90 Å². The van der Waals surface area contributed by atoms with Crippen molar-refractivity contribution in [1.82, 2.24) is 13.5 Å². The Labute approximate surface area is 164 Å². The van der Waals surface area contributed by atoms with Crippen LogP contribution in [0.4, 0.5) is 0 Å². The van der Waals surface area contributed by atoms with Gasteiger partial charge in [-0.1, -0.05) is 49.8 Å². The molecule has 27 heavy (non-hydrogen) atoms. The summed E-state index contributed by atoms with van der Waals surface area (Å²) in [7, 11) is -3.30. The van der Waals surface area contributed by atoms with Crippen molar-refractivity contribution in [3.63, 3.8) is 0 Å². The third-order valence-electron chi connectivity index (χ3n) is 5.50. The quantitative estimate of drug-likeness (QED) is 0.748. The van der Waals surface area contributed by atoms with Crippen LogP contribution in [0, 0.1) is 0 Å². The molecular weight excluding hydrogens is 358 g/mol. The summed E-state index contributed by atoms with van der Waals surface area (Å²) in [6.45, 7) is 7.37. The van der Waals surface area contributed by atoms with Gasteiger partial charge in [-0.25, -0.2) is 0 Å². The van der Waals surface area contributed by atoms with Gasteiger partial charge in [0.25, 0.3) is 10.2 Å². The average Bonchev–Trinajstić information content (AvgIpc) is 2.95. The first-order chi connectivity index (χ1) is 13.1. The minimum Gasteiger partial charge on any atom is -0.298 e. The topological polar surface area (TPSA) is 43.9 Å². The van der Waals surface area contributed by atoms with Crippen LogP contribution >= 0.6 is 0 Å². The van der Waals surface area contributed by atoms with Gasteiger partial charge >= 0.3 is 0 Å². The third-order valence-corrected chi connectivity index (χ3v) is 7.54. The van der Waals surface area contributed by atoms with Gasteiger partial charge in [0.05, 0.1) is 0 Å². The van der Waals surface area contributed by atoms with Crippen LogP contribution in [0.1, 0.15) is 44.6 Å². The minimum absolute atomic E-state index is 0.590. The van der Waals surface area contributed by atoms with Gasteiger partial charge in [0.2, 0.25) is 0 Å². The maximum atomic E-state index is 13.0. The molecule has 0 atom stereocenters. The summed E-state index contributed by atoms with van der Waals surface area (Å²) < 4.78 is 29.3. The van der Waals surface area contributed by atoms with E-state index in [0.717, 1.165) is 51.7 Å². The van der Waals surface area contributed by atoms with Crippen molar-refractivity contribution in [3.05, 3.63) is 42.0 Å². The van der Waals surface area contributed by atoms with Crippen molar-refractivity contribution in [2.24, 2.45) is 0 Å². The van der Waals surface area contributed by atoms with Crippen molar-refractivity contribution in [1.29, 1.82) is 0 Å². The van der Waals surface area contributed by atoms with Crippen LogP contribution in [0.25, 0.3) is 5.57 Å². The summed E-state index contributed by atoms with van der Waals surface area (Å²) in [6.07, 6.45) is 7.31. The molecule has 0 spiro atoms. The van der Waals surface area contributed by atoms with E-state index in [1.54, 1.807) is 8.61 Å². The number of nitrogens with zero attached hydrogens (tertiary/aromatic N) is 3. The largest absolute Gasteiger partial charge is 0.298 e. The molecule has 1 aromatic carbocycles.